The maximum Gasteiger partial charge on any atom is 0.117 e. The first-order chi connectivity index (χ1) is 6.38. The third-order valence-electron chi connectivity index (χ3n) is 1.95. The zero-order chi connectivity index (χ0) is 9.10. The molecule has 3 heteroatoms. The van der Waals surface area contributed by atoms with Crippen LogP contribution < -0.4 is 5.32 Å². The zero-order valence-corrected chi connectivity index (χ0v) is 7.36. The molecule has 0 aliphatic carbocycles. The predicted molar refractivity (Wildman–Crippen MR) is 52.1 cm³/mol. The number of nitrogens with one attached hydrogen (secondary N) is 1. The third-order valence-corrected chi connectivity index (χ3v) is 1.95. The highest BCUT2D eigenvalue weighted by Crippen LogP contribution is 2.17. The summed E-state index contributed by atoms with van der Waals surface area (Å²) >= 11 is 0. The molecule has 0 saturated carbocycles. The normalized spacial score (nSPS) is 15.8. The summed E-state index contributed by atoms with van der Waals surface area (Å²) in [5, 5.41) is 3.07. The Bertz CT molecular complexity index is 355. The van der Waals surface area contributed by atoms with Crippen molar-refractivity contribution in [1.29, 1.82) is 0 Å². The second kappa shape index (κ2) is 3.39. The Morgan fingerprint density at radius 1 is 1.38 bits per heavy atom. The zero-order valence-electron chi connectivity index (χ0n) is 7.36. The van der Waals surface area contributed by atoms with Crippen LogP contribution in [-0.4, -0.2) is 11.3 Å². The Hall–Kier alpha value is -1.64. The van der Waals surface area contributed by atoms with Crippen LogP contribution in [0.25, 0.3) is 0 Å². The lowest BCUT2D eigenvalue weighted by Gasteiger charge is -2.15. The van der Waals surface area contributed by atoms with E-state index < -0.39 is 0 Å². The molecule has 65 valence electrons. The van der Waals surface area contributed by atoms with Crippen LogP contribution in [0.5, 0.6) is 0 Å². The molecule has 13 heavy (non-hydrogen) atoms. The quantitative estimate of drug-likeness (QED) is 0.695. The summed E-state index contributed by atoms with van der Waals surface area (Å²) in [4.78, 5) is 8.01. The summed E-state index contributed by atoms with van der Waals surface area (Å²) in [6.45, 7) is 2.06. The summed E-state index contributed by atoms with van der Waals surface area (Å²) in [6.07, 6.45) is 9.01. The first kappa shape index (κ1) is 7.98. The molecule has 0 aromatic carbocycles. The highest BCUT2D eigenvalue weighted by atomic mass is 15.0. The van der Waals surface area contributed by atoms with Crippen molar-refractivity contribution in [2.75, 3.05) is 0 Å². The van der Waals surface area contributed by atoms with Crippen LogP contribution in [-0.2, 0) is 0 Å². The molecule has 0 fully saturated rings. The van der Waals surface area contributed by atoms with E-state index in [4.69, 9.17) is 0 Å². The molecule has 2 heterocycles. The van der Waals surface area contributed by atoms with Crippen molar-refractivity contribution in [3.63, 3.8) is 0 Å². The van der Waals surface area contributed by atoms with Crippen molar-refractivity contribution in [2.45, 2.75) is 6.92 Å². The smallest absolute Gasteiger partial charge is 0.117 e. The summed E-state index contributed by atoms with van der Waals surface area (Å²) in [7, 11) is 0. The minimum Gasteiger partial charge on any atom is -0.360 e. The highest BCUT2D eigenvalue weighted by Gasteiger charge is 2.11. The molecule has 2 rings (SSSR count). The standard InChI is InChI=1S/C10H10N3/c1-8-2-4-11-6-9(8)10-3-5-12-7-13-10/h2-7H,1H3,(H,12,13). The first-order valence-corrected chi connectivity index (χ1v) is 4.10. The number of nitrogens with zero attached hydrogens (tertiary/aromatic N) is 2. The number of aryl methyl sites for hydroxylation is 1. The van der Waals surface area contributed by atoms with E-state index in [1.807, 2.05) is 18.3 Å². The van der Waals surface area contributed by atoms with Crippen LogP contribution in [0.3, 0.4) is 0 Å². The molecular formula is C10H10N3. The van der Waals surface area contributed by atoms with E-state index in [1.54, 1.807) is 18.7 Å². The number of hydrogen-bond donors (Lipinski definition) is 1. The van der Waals surface area contributed by atoms with Crippen molar-refractivity contribution in [2.24, 2.45) is 4.99 Å². The SMILES string of the molecule is Cc1ccncc1[C]1C=CN=CN1. The second-order valence-corrected chi connectivity index (χ2v) is 2.84. The minimum atomic E-state index is 1.04. The van der Waals surface area contributed by atoms with Gasteiger partial charge in [0, 0.05) is 24.2 Å². The van der Waals surface area contributed by atoms with E-state index in [9.17, 15) is 0 Å². The lowest BCUT2D eigenvalue weighted by molar-refractivity contribution is 0.996. The van der Waals surface area contributed by atoms with Gasteiger partial charge in [-0.1, -0.05) is 0 Å². The maximum absolute atomic E-state index is 4.08. The van der Waals surface area contributed by atoms with Crippen molar-refractivity contribution in [1.82, 2.24) is 10.3 Å². The van der Waals surface area contributed by atoms with Gasteiger partial charge in [-0.3, -0.25) is 4.98 Å². The van der Waals surface area contributed by atoms with Gasteiger partial charge in [0.1, 0.15) is 6.04 Å². The summed E-state index contributed by atoms with van der Waals surface area (Å²) < 4.78 is 0. The Labute approximate surface area is 77.2 Å². The average Bonchev–Trinajstić information content (AvgIpc) is 2.20. The molecule has 1 aromatic heterocycles. The number of rotatable bonds is 1. The molecule has 1 aliphatic rings. The van der Waals surface area contributed by atoms with Gasteiger partial charge in [0.25, 0.3) is 0 Å². The fraction of sp³-hybridized carbons (Fsp3) is 0.100. The number of hydrogen-bond acceptors (Lipinski definition) is 3. The van der Waals surface area contributed by atoms with E-state index in [-0.39, 0.29) is 0 Å². The van der Waals surface area contributed by atoms with Gasteiger partial charge in [0.2, 0.25) is 0 Å². The van der Waals surface area contributed by atoms with Gasteiger partial charge >= 0.3 is 0 Å². The van der Waals surface area contributed by atoms with Gasteiger partial charge in [-0.15, -0.1) is 0 Å². The lowest BCUT2D eigenvalue weighted by atomic mass is 10.0. The molecule has 0 unspecified atom stereocenters. The van der Waals surface area contributed by atoms with E-state index in [0.717, 1.165) is 11.6 Å². The maximum atomic E-state index is 4.08. The van der Waals surface area contributed by atoms with Crippen LogP contribution in [0.15, 0.2) is 35.7 Å². The monoisotopic (exact) mass is 172 g/mol. The number of pyridine rings is 1. The van der Waals surface area contributed by atoms with Crippen LogP contribution in [0.1, 0.15) is 11.1 Å². The Morgan fingerprint density at radius 3 is 3.00 bits per heavy atom. The number of aliphatic imine (C=N–C) groups is 1. The van der Waals surface area contributed by atoms with Gasteiger partial charge in [-0.25, -0.2) is 4.99 Å². The van der Waals surface area contributed by atoms with Crippen LogP contribution in [0, 0.1) is 13.0 Å². The van der Waals surface area contributed by atoms with Crippen molar-refractivity contribution >= 4 is 6.34 Å². The minimum absolute atomic E-state index is 1.04. The van der Waals surface area contributed by atoms with E-state index in [1.165, 1.54) is 5.56 Å². The van der Waals surface area contributed by atoms with Crippen molar-refractivity contribution in [3.8, 4) is 0 Å². The number of aromatic nitrogens is 1. The van der Waals surface area contributed by atoms with Gasteiger partial charge in [-0.05, 0) is 24.6 Å². The average molecular weight is 172 g/mol. The third kappa shape index (κ3) is 1.59. The van der Waals surface area contributed by atoms with Crippen molar-refractivity contribution < 1.29 is 0 Å². The Kier molecular flexibility index (Phi) is 2.08. The summed E-state index contributed by atoms with van der Waals surface area (Å²) in [5.74, 6) is 0. The summed E-state index contributed by atoms with van der Waals surface area (Å²) in [5.41, 5.74) is 2.32. The topological polar surface area (TPSA) is 37.3 Å². The molecule has 1 aromatic rings. The van der Waals surface area contributed by atoms with E-state index >= 15 is 0 Å². The van der Waals surface area contributed by atoms with E-state index in [2.05, 4.69) is 22.2 Å². The van der Waals surface area contributed by atoms with Crippen LogP contribution >= 0.6 is 0 Å². The second-order valence-electron chi connectivity index (χ2n) is 2.84. The van der Waals surface area contributed by atoms with Crippen LogP contribution in [0.4, 0.5) is 0 Å². The molecule has 1 aliphatic heterocycles. The van der Waals surface area contributed by atoms with Gasteiger partial charge < -0.3 is 5.32 Å². The molecule has 0 saturated heterocycles. The van der Waals surface area contributed by atoms with Crippen molar-refractivity contribution in [3.05, 3.63) is 47.9 Å². The molecule has 0 atom stereocenters. The van der Waals surface area contributed by atoms with Gasteiger partial charge in [-0.2, -0.15) is 0 Å². The molecule has 0 amide bonds. The fourth-order valence-electron chi connectivity index (χ4n) is 1.23. The van der Waals surface area contributed by atoms with Gasteiger partial charge in [0.05, 0.1) is 6.34 Å². The fourth-order valence-corrected chi connectivity index (χ4v) is 1.23. The highest BCUT2D eigenvalue weighted by molar-refractivity contribution is 5.63. The largest absolute Gasteiger partial charge is 0.360 e. The van der Waals surface area contributed by atoms with Crippen LogP contribution in [0.2, 0.25) is 0 Å². The molecular weight excluding hydrogens is 162 g/mol. The molecule has 1 radical (unpaired) electrons. The first-order valence-electron chi connectivity index (χ1n) is 4.10. The Balaban J connectivity index is 2.30. The molecule has 0 spiro atoms. The van der Waals surface area contributed by atoms with Gasteiger partial charge in [0.15, 0.2) is 0 Å². The predicted octanol–water partition coefficient (Wildman–Crippen LogP) is 1.42. The summed E-state index contributed by atoms with van der Waals surface area (Å²) in [6, 6.07) is 3.03. The molecule has 3 nitrogen and oxygen atoms in total. The Morgan fingerprint density at radius 2 is 2.31 bits per heavy atom. The van der Waals surface area contributed by atoms with E-state index in [0.29, 0.717) is 0 Å². The molecule has 1 N–H and O–H groups in total. The lowest BCUT2D eigenvalue weighted by Crippen LogP contribution is -2.21. The molecule has 0 bridgehead atoms.